The van der Waals surface area contributed by atoms with Gasteiger partial charge in [0.25, 0.3) is 5.69 Å². The van der Waals surface area contributed by atoms with E-state index in [1.807, 2.05) is 12.3 Å². The van der Waals surface area contributed by atoms with Crippen molar-refractivity contribution in [1.82, 2.24) is 4.98 Å². The SMILES string of the molecule is CC(=N)/C(C(C)=O)=C(/O)COC(=O)c1ccc(Sc2nc(C)cs2)c([N+](=O)[O-])c1. The van der Waals surface area contributed by atoms with Gasteiger partial charge in [-0.2, -0.15) is 0 Å². The summed E-state index contributed by atoms with van der Waals surface area (Å²) in [5.74, 6) is -2.01. The van der Waals surface area contributed by atoms with Gasteiger partial charge in [-0.3, -0.25) is 14.9 Å². The zero-order valence-corrected chi connectivity index (χ0v) is 17.3. The average Bonchev–Trinajstić information content (AvgIpc) is 3.04. The number of carbonyl (C=O) groups is 2. The van der Waals surface area contributed by atoms with E-state index in [2.05, 4.69) is 4.98 Å². The molecule has 152 valence electrons. The minimum Gasteiger partial charge on any atom is -0.508 e. The van der Waals surface area contributed by atoms with Crippen LogP contribution in [0.1, 0.15) is 29.9 Å². The highest BCUT2D eigenvalue weighted by molar-refractivity contribution is 8.01. The highest BCUT2D eigenvalue weighted by Gasteiger charge is 2.21. The Morgan fingerprint density at radius 1 is 1.38 bits per heavy atom. The van der Waals surface area contributed by atoms with Gasteiger partial charge in [0.05, 0.1) is 21.0 Å². The zero-order valence-electron chi connectivity index (χ0n) is 15.7. The second-order valence-electron chi connectivity index (χ2n) is 5.88. The van der Waals surface area contributed by atoms with Crippen molar-refractivity contribution in [3.8, 4) is 0 Å². The number of thiazole rings is 1. The van der Waals surface area contributed by atoms with Crippen molar-refractivity contribution in [2.75, 3.05) is 6.61 Å². The van der Waals surface area contributed by atoms with E-state index >= 15 is 0 Å². The fourth-order valence-corrected chi connectivity index (χ4v) is 4.20. The highest BCUT2D eigenvalue weighted by atomic mass is 32.2. The van der Waals surface area contributed by atoms with E-state index in [1.165, 1.54) is 37.3 Å². The van der Waals surface area contributed by atoms with E-state index < -0.39 is 29.0 Å². The van der Waals surface area contributed by atoms with Gasteiger partial charge in [-0.1, -0.05) is 11.8 Å². The Hall–Kier alpha value is -3.05. The molecule has 0 amide bonds. The monoisotopic (exact) mass is 435 g/mol. The number of nitrogens with one attached hydrogen (secondary N) is 1. The summed E-state index contributed by atoms with van der Waals surface area (Å²) in [4.78, 5) is 39.1. The van der Waals surface area contributed by atoms with E-state index in [1.54, 1.807) is 0 Å². The minimum absolute atomic E-state index is 0.0832. The lowest BCUT2D eigenvalue weighted by molar-refractivity contribution is -0.387. The Morgan fingerprint density at radius 3 is 2.59 bits per heavy atom. The third kappa shape index (κ3) is 5.72. The number of rotatable bonds is 8. The standard InChI is InChI=1S/C18H17N3O6S2/c1-9-8-28-18(20-9)29-15-5-4-12(6-13(15)21(25)26)17(24)27-7-14(23)16(10(2)19)11(3)22/h4-6,8,19,23H,7H2,1-3H3/b16-14-,19-10?. The van der Waals surface area contributed by atoms with Gasteiger partial charge in [-0.15, -0.1) is 11.3 Å². The van der Waals surface area contributed by atoms with E-state index in [-0.39, 0.29) is 22.5 Å². The number of hydrogen-bond donors (Lipinski definition) is 2. The van der Waals surface area contributed by atoms with Crippen LogP contribution in [-0.4, -0.2) is 39.1 Å². The maximum absolute atomic E-state index is 12.2. The van der Waals surface area contributed by atoms with Crippen LogP contribution >= 0.6 is 23.1 Å². The molecule has 2 N–H and O–H groups in total. The third-order valence-corrected chi connectivity index (χ3v) is 5.66. The second kappa shape index (κ2) is 9.43. The van der Waals surface area contributed by atoms with Gasteiger partial charge in [-0.05, 0) is 32.9 Å². The van der Waals surface area contributed by atoms with Crippen LogP contribution in [0, 0.1) is 22.4 Å². The first kappa shape index (κ1) is 22.2. The summed E-state index contributed by atoms with van der Waals surface area (Å²) >= 11 is 2.47. The first-order chi connectivity index (χ1) is 13.6. The molecule has 0 saturated carbocycles. The number of aryl methyl sites for hydroxylation is 1. The van der Waals surface area contributed by atoms with Crippen molar-refractivity contribution < 1.29 is 24.4 Å². The van der Waals surface area contributed by atoms with Crippen molar-refractivity contribution >= 4 is 46.3 Å². The second-order valence-corrected chi connectivity index (χ2v) is 8.02. The smallest absolute Gasteiger partial charge is 0.338 e. The van der Waals surface area contributed by atoms with Crippen LogP contribution in [0.4, 0.5) is 5.69 Å². The number of aliphatic hydroxyl groups is 1. The summed E-state index contributed by atoms with van der Waals surface area (Å²) in [5, 5.41) is 30.7. The molecule has 2 aromatic rings. The molecule has 1 heterocycles. The lowest BCUT2D eigenvalue weighted by atomic mass is 10.1. The van der Waals surface area contributed by atoms with Crippen LogP contribution in [0.25, 0.3) is 0 Å². The molecule has 0 saturated heterocycles. The van der Waals surface area contributed by atoms with Gasteiger partial charge in [0, 0.05) is 22.9 Å². The van der Waals surface area contributed by atoms with Crippen molar-refractivity contribution in [2.45, 2.75) is 30.0 Å². The number of ketones is 1. The van der Waals surface area contributed by atoms with Crippen molar-refractivity contribution in [2.24, 2.45) is 0 Å². The lowest BCUT2D eigenvalue weighted by Gasteiger charge is -2.09. The molecule has 0 aliphatic rings. The molecule has 0 fully saturated rings. The van der Waals surface area contributed by atoms with Crippen LogP contribution < -0.4 is 0 Å². The molecule has 0 atom stereocenters. The fraction of sp³-hybridized carbons (Fsp3) is 0.222. The Morgan fingerprint density at radius 2 is 2.07 bits per heavy atom. The summed E-state index contributed by atoms with van der Waals surface area (Å²) < 4.78 is 5.57. The predicted octanol–water partition coefficient (Wildman–Crippen LogP) is 4.11. The third-order valence-electron chi connectivity index (χ3n) is 3.54. The molecule has 0 aliphatic carbocycles. The maximum atomic E-state index is 12.2. The van der Waals surface area contributed by atoms with Crippen LogP contribution in [0.3, 0.4) is 0 Å². The summed E-state index contributed by atoms with van der Waals surface area (Å²) in [5.41, 5.74) is 0.0324. The average molecular weight is 435 g/mol. The summed E-state index contributed by atoms with van der Waals surface area (Å²) in [6.07, 6.45) is 0. The largest absolute Gasteiger partial charge is 0.508 e. The van der Waals surface area contributed by atoms with E-state index in [0.29, 0.717) is 9.24 Å². The number of Topliss-reactive ketones (excluding diaryl/α,β-unsaturated/α-hetero) is 1. The lowest BCUT2D eigenvalue weighted by Crippen LogP contribution is -2.15. The number of carbonyl (C=O) groups excluding carboxylic acids is 2. The molecule has 0 spiro atoms. The summed E-state index contributed by atoms with van der Waals surface area (Å²) in [7, 11) is 0. The van der Waals surface area contributed by atoms with Gasteiger partial charge in [0.1, 0.15) is 12.4 Å². The van der Waals surface area contributed by atoms with Crippen LogP contribution in [0.2, 0.25) is 0 Å². The number of aliphatic hydroxyl groups excluding tert-OH is 1. The summed E-state index contributed by atoms with van der Waals surface area (Å²) in [6.45, 7) is 3.68. The number of nitrogens with zero attached hydrogens (tertiary/aromatic N) is 2. The highest BCUT2D eigenvalue weighted by Crippen LogP contribution is 2.36. The molecule has 29 heavy (non-hydrogen) atoms. The molecular formula is C18H17N3O6S2. The van der Waals surface area contributed by atoms with Crippen LogP contribution in [0.5, 0.6) is 0 Å². The molecule has 1 aromatic carbocycles. The Balaban J connectivity index is 2.21. The van der Waals surface area contributed by atoms with Gasteiger partial charge < -0.3 is 15.3 Å². The molecule has 9 nitrogen and oxygen atoms in total. The molecule has 0 radical (unpaired) electrons. The number of esters is 1. The molecule has 0 aliphatic heterocycles. The first-order valence-corrected chi connectivity index (χ1v) is 9.84. The number of ether oxygens (including phenoxy) is 1. The molecule has 2 rings (SSSR count). The topological polar surface area (TPSA) is 143 Å². The first-order valence-electron chi connectivity index (χ1n) is 8.14. The molecule has 0 unspecified atom stereocenters. The van der Waals surface area contributed by atoms with Crippen LogP contribution in [0.15, 0.2) is 44.1 Å². The molecular weight excluding hydrogens is 418 g/mol. The molecule has 1 aromatic heterocycles. The van der Waals surface area contributed by atoms with Gasteiger partial charge in [-0.25, -0.2) is 9.78 Å². The number of nitro benzene ring substituents is 1. The zero-order chi connectivity index (χ0) is 21.7. The van der Waals surface area contributed by atoms with E-state index in [0.717, 1.165) is 23.5 Å². The van der Waals surface area contributed by atoms with Crippen LogP contribution in [-0.2, 0) is 9.53 Å². The van der Waals surface area contributed by atoms with Crippen molar-refractivity contribution in [1.29, 1.82) is 5.41 Å². The molecule has 11 heteroatoms. The molecule has 0 bridgehead atoms. The number of aromatic nitrogens is 1. The Bertz CT molecular complexity index is 1010. The van der Waals surface area contributed by atoms with Gasteiger partial charge >= 0.3 is 5.97 Å². The number of nitro groups is 1. The van der Waals surface area contributed by atoms with Gasteiger partial charge in [0.15, 0.2) is 10.1 Å². The van der Waals surface area contributed by atoms with E-state index in [9.17, 15) is 24.8 Å². The van der Waals surface area contributed by atoms with Gasteiger partial charge in [0.2, 0.25) is 0 Å². The van der Waals surface area contributed by atoms with E-state index in [4.69, 9.17) is 10.1 Å². The Labute approximate surface area is 174 Å². The normalized spacial score (nSPS) is 11.6. The van der Waals surface area contributed by atoms with Crippen molar-refractivity contribution in [3.05, 3.63) is 56.3 Å². The minimum atomic E-state index is -0.910. The quantitative estimate of drug-likeness (QED) is 0.157. The number of benzene rings is 1. The fourth-order valence-electron chi connectivity index (χ4n) is 2.32. The Kier molecular flexibility index (Phi) is 7.23. The maximum Gasteiger partial charge on any atom is 0.338 e. The van der Waals surface area contributed by atoms with Crippen molar-refractivity contribution in [3.63, 3.8) is 0 Å². The number of allylic oxidation sites excluding steroid dienone is 1. The number of hydrogen-bond acceptors (Lipinski definition) is 10. The summed E-state index contributed by atoms with van der Waals surface area (Å²) in [6, 6.07) is 3.88. The predicted molar refractivity (Wildman–Crippen MR) is 108 cm³/mol.